The molecular formula is C13H26N4O. The highest BCUT2D eigenvalue weighted by molar-refractivity contribution is 4.90. The zero-order chi connectivity index (χ0) is 13.6. The van der Waals surface area contributed by atoms with E-state index in [1.165, 1.54) is 0 Å². The Balaban J connectivity index is 2.57. The summed E-state index contributed by atoms with van der Waals surface area (Å²) in [5.41, 5.74) is 0.00234. The lowest BCUT2D eigenvalue weighted by atomic mass is 9.83. The average molecular weight is 254 g/mol. The average Bonchev–Trinajstić information content (AvgIpc) is 2.83. The molecule has 1 aromatic rings. The van der Waals surface area contributed by atoms with Crippen LogP contribution >= 0.6 is 0 Å². The van der Waals surface area contributed by atoms with Gasteiger partial charge >= 0.3 is 0 Å². The molecule has 1 aromatic heterocycles. The summed E-state index contributed by atoms with van der Waals surface area (Å²) in [4.78, 5) is 6.60. The van der Waals surface area contributed by atoms with Crippen LogP contribution in [0.5, 0.6) is 0 Å². The maximum Gasteiger partial charge on any atom is 0.150 e. The minimum absolute atomic E-state index is 0.00234. The number of H-pyrrole nitrogens is 1. The van der Waals surface area contributed by atoms with Crippen LogP contribution in [0.4, 0.5) is 0 Å². The van der Waals surface area contributed by atoms with Crippen molar-refractivity contribution < 1.29 is 5.11 Å². The van der Waals surface area contributed by atoms with Gasteiger partial charge in [-0.2, -0.15) is 5.10 Å². The van der Waals surface area contributed by atoms with Gasteiger partial charge in [-0.05, 0) is 19.9 Å². The van der Waals surface area contributed by atoms with Crippen molar-refractivity contribution >= 4 is 0 Å². The van der Waals surface area contributed by atoms with Crippen LogP contribution in [0.25, 0.3) is 0 Å². The van der Waals surface area contributed by atoms with Gasteiger partial charge in [0.25, 0.3) is 0 Å². The van der Waals surface area contributed by atoms with Gasteiger partial charge in [-0.1, -0.05) is 20.8 Å². The van der Waals surface area contributed by atoms with E-state index in [0.29, 0.717) is 0 Å². The van der Waals surface area contributed by atoms with E-state index in [9.17, 15) is 5.11 Å². The molecule has 0 saturated carbocycles. The van der Waals surface area contributed by atoms with E-state index in [2.05, 4.69) is 41.0 Å². The molecule has 0 bridgehead atoms. The number of aryl methyl sites for hydroxylation is 1. The molecule has 0 aliphatic rings. The van der Waals surface area contributed by atoms with Gasteiger partial charge in [-0.15, -0.1) is 0 Å². The SMILES string of the molecule is CCc1n[nH]c(CN(C)CC(CC)(CC)CO)n1. The van der Waals surface area contributed by atoms with Gasteiger partial charge in [-0.3, -0.25) is 10.00 Å². The van der Waals surface area contributed by atoms with Crippen LogP contribution < -0.4 is 0 Å². The van der Waals surface area contributed by atoms with E-state index >= 15 is 0 Å². The quantitative estimate of drug-likeness (QED) is 0.739. The number of rotatable bonds is 8. The molecule has 0 unspecified atom stereocenters. The Labute approximate surface area is 110 Å². The van der Waals surface area contributed by atoms with Gasteiger partial charge < -0.3 is 5.11 Å². The Bertz CT molecular complexity index is 338. The zero-order valence-corrected chi connectivity index (χ0v) is 12.0. The molecule has 0 aliphatic heterocycles. The van der Waals surface area contributed by atoms with Crippen molar-refractivity contribution in [3.63, 3.8) is 0 Å². The Kier molecular flexibility index (Phi) is 5.75. The molecule has 0 saturated heterocycles. The van der Waals surface area contributed by atoms with Crippen molar-refractivity contribution in [3.8, 4) is 0 Å². The molecule has 0 aromatic carbocycles. The first-order chi connectivity index (χ1) is 8.59. The molecule has 1 rings (SSSR count). The van der Waals surface area contributed by atoms with Crippen molar-refractivity contribution in [3.05, 3.63) is 11.6 Å². The second-order valence-electron chi connectivity index (χ2n) is 5.09. The van der Waals surface area contributed by atoms with Crippen molar-refractivity contribution in [1.82, 2.24) is 20.1 Å². The highest BCUT2D eigenvalue weighted by atomic mass is 16.3. The van der Waals surface area contributed by atoms with Crippen LogP contribution in [0, 0.1) is 5.41 Å². The van der Waals surface area contributed by atoms with Gasteiger partial charge in [0, 0.05) is 25.0 Å². The number of aromatic amines is 1. The molecule has 0 fully saturated rings. The summed E-state index contributed by atoms with van der Waals surface area (Å²) in [5, 5.41) is 16.7. The first-order valence-electron chi connectivity index (χ1n) is 6.78. The molecule has 5 heteroatoms. The molecule has 18 heavy (non-hydrogen) atoms. The first-order valence-corrected chi connectivity index (χ1v) is 6.78. The molecule has 0 aliphatic carbocycles. The number of aliphatic hydroxyl groups excluding tert-OH is 1. The summed E-state index contributed by atoms with van der Waals surface area (Å²) in [6, 6.07) is 0. The molecule has 2 N–H and O–H groups in total. The van der Waals surface area contributed by atoms with E-state index in [0.717, 1.165) is 44.0 Å². The maximum absolute atomic E-state index is 9.57. The van der Waals surface area contributed by atoms with E-state index in [-0.39, 0.29) is 12.0 Å². The standard InChI is InChI=1S/C13H26N4O/c1-5-11-14-12(16-15-11)8-17(4)9-13(6-2,7-3)10-18/h18H,5-10H2,1-4H3,(H,14,15,16). The highest BCUT2D eigenvalue weighted by Crippen LogP contribution is 2.26. The molecule has 0 spiro atoms. The summed E-state index contributed by atoms with van der Waals surface area (Å²) in [6.07, 6.45) is 2.83. The minimum Gasteiger partial charge on any atom is -0.396 e. The molecule has 1 heterocycles. The third-order valence-corrected chi connectivity index (χ3v) is 3.75. The second-order valence-corrected chi connectivity index (χ2v) is 5.09. The van der Waals surface area contributed by atoms with Crippen LogP contribution in [-0.4, -0.2) is 45.4 Å². The number of aromatic nitrogens is 3. The van der Waals surface area contributed by atoms with Crippen molar-refractivity contribution in [2.75, 3.05) is 20.2 Å². The second kappa shape index (κ2) is 6.85. The first kappa shape index (κ1) is 15.1. The van der Waals surface area contributed by atoms with E-state index in [1.54, 1.807) is 0 Å². The van der Waals surface area contributed by atoms with Crippen LogP contribution in [0.3, 0.4) is 0 Å². The number of hydrogen-bond donors (Lipinski definition) is 2. The van der Waals surface area contributed by atoms with Gasteiger partial charge in [0.05, 0.1) is 6.54 Å². The zero-order valence-electron chi connectivity index (χ0n) is 12.0. The summed E-state index contributed by atoms with van der Waals surface area (Å²) in [7, 11) is 2.06. The topological polar surface area (TPSA) is 65.0 Å². The summed E-state index contributed by atoms with van der Waals surface area (Å²) in [6.45, 7) is 8.17. The highest BCUT2D eigenvalue weighted by Gasteiger charge is 2.27. The number of hydrogen-bond acceptors (Lipinski definition) is 4. The smallest absolute Gasteiger partial charge is 0.150 e. The molecule has 5 nitrogen and oxygen atoms in total. The van der Waals surface area contributed by atoms with E-state index in [1.807, 2.05) is 6.92 Å². The third-order valence-electron chi connectivity index (χ3n) is 3.75. The van der Waals surface area contributed by atoms with Crippen LogP contribution in [0.1, 0.15) is 45.3 Å². The summed E-state index contributed by atoms with van der Waals surface area (Å²) >= 11 is 0. The predicted molar refractivity (Wildman–Crippen MR) is 72.2 cm³/mol. The number of nitrogens with one attached hydrogen (secondary N) is 1. The third kappa shape index (κ3) is 3.78. The van der Waals surface area contributed by atoms with Crippen molar-refractivity contribution in [1.29, 1.82) is 0 Å². The fourth-order valence-electron chi connectivity index (χ4n) is 2.20. The lowest BCUT2D eigenvalue weighted by molar-refractivity contribution is 0.0722. The molecule has 0 atom stereocenters. The van der Waals surface area contributed by atoms with Gasteiger partial charge in [0.2, 0.25) is 0 Å². The van der Waals surface area contributed by atoms with Crippen molar-refractivity contribution in [2.24, 2.45) is 5.41 Å². The van der Waals surface area contributed by atoms with Crippen LogP contribution in [0.15, 0.2) is 0 Å². The maximum atomic E-state index is 9.57. The Hall–Kier alpha value is -0.940. The van der Waals surface area contributed by atoms with Crippen molar-refractivity contribution in [2.45, 2.75) is 46.6 Å². The number of nitrogens with zero attached hydrogens (tertiary/aromatic N) is 3. The van der Waals surface area contributed by atoms with Gasteiger partial charge in [-0.25, -0.2) is 4.98 Å². The van der Waals surface area contributed by atoms with Crippen LogP contribution in [-0.2, 0) is 13.0 Å². The summed E-state index contributed by atoms with van der Waals surface area (Å²) < 4.78 is 0. The fourth-order valence-corrected chi connectivity index (χ4v) is 2.20. The Morgan fingerprint density at radius 3 is 2.39 bits per heavy atom. The van der Waals surface area contributed by atoms with E-state index < -0.39 is 0 Å². The lowest BCUT2D eigenvalue weighted by Crippen LogP contribution is -2.37. The molecule has 0 amide bonds. The monoisotopic (exact) mass is 254 g/mol. The Morgan fingerprint density at radius 1 is 1.28 bits per heavy atom. The van der Waals surface area contributed by atoms with Crippen LogP contribution in [0.2, 0.25) is 0 Å². The minimum atomic E-state index is 0.00234. The molecule has 0 radical (unpaired) electrons. The fraction of sp³-hybridized carbons (Fsp3) is 0.846. The molecule has 104 valence electrons. The lowest BCUT2D eigenvalue weighted by Gasteiger charge is -2.33. The molecular weight excluding hydrogens is 228 g/mol. The number of aliphatic hydroxyl groups is 1. The normalized spacial score (nSPS) is 12.3. The predicted octanol–water partition coefficient (Wildman–Crippen LogP) is 1.60. The van der Waals surface area contributed by atoms with Gasteiger partial charge in [0.1, 0.15) is 11.6 Å². The van der Waals surface area contributed by atoms with E-state index in [4.69, 9.17) is 0 Å². The summed E-state index contributed by atoms with van der Waals surface area (Å²) in [5.74, 6) is 1.76. The van der Waals surface area contributed by atoms with Gasteiger partial charge in [0.15, 0.2) is 0 Å². The largest absolute Gasteiger partial charge is 0.396 e. The Morgan fingerprint density at radius 2 is 1.94 bits per heavy atom.